The van der Waals surface area contributed by atoms with Gasteiger partial charge in [-0.25, -0.2) is 9.18 Å². The topological polar surface area (TPSA) is 55.4 Å². The van der Waals surface area contributed by atoms with E-state index < -0.39 is 24.3 Å². The van der Waals surface area contributed by atoms with Gasteiger partial charge in [0.05, 0.1) is 11.6 Å². The molecule has 1 atom stereocenters. The van der Waals surface area contributed by atoms with Gasteiger partial charge in [0.25, 0.3) is 5.91 Å². The maximum atomic E-state index is 13.5. The van der Waals surface area contributed by atoms with Crippen molar-refractivity contribution >= 4 is 22.6 Å². The number of rotatable bonds is 5. The normalized spacial score (nSPS) is 11.8. The van der Waals surface area contributed by atoms with Crippen molar-refractivity contribution in [3.63, 3.8) is 0 Å². The maximum absolute atomic E-state index is 13.5. The molecular formula is C21H18FNO3. The lowest BCUT2D eigenvalue weighted by molar-refractivity contribution is -0.124. The zero-order valence-electron chi connectivity index (χ0n) is 14.2. The van der Waals surface area contributed by atoms with Crippen LogP contribution in [0.15, 0.2) is 66.7 Å². The third kappa shape index (κ3) is 3.88. The van der Waals surface area contributed by atoms with Gasteiger partial charge < -0.3 is 10.1 Å². The Labute approximate surface area is 150 Å². The smallest absolute Gasteiger partial charge is 0.341 e. The number of hydrogen-bond acceptors (Lipinski definition) is 3. The Morgan fingerprint density at radius 3 is 2.50 bits per heavy atom. The van der Waals surface area contributed by atoms with Crippen molar-refractivity contribution in [2.45, 2.75) is 13.0 Å². The summed E-state index contributed by atoms with van der Waals surface area (Å²) in [5, 5.41) is 4.93. The highest BCUT2D eigenvalue weighted by Crippen LogP contribution is 2.23. The van der Waals surface area contributed by atoms with E-state index >= 15 is 0 Å². The molecule has 3 aromatic rings. The third-order valence-corrected chi connectivity index (χ3v) is 4.10. The molecule has 1 N–H and O–H groups in total. The number of amides is 1. The van der Waals surface area contributed by atoms with Gasteiger partial charge in [-0.2, -0.15) is 0 Å². The number of esters is 1. The van der Waals surface area contributed by atoms with Crippen LogP contribution in [0.3, 0.4) is 0 Å². The van der Waals surface area contributed by atoms with Crippen molar-refractivity contribution in [3.05, 3.63) is 83.7 Å². The molecule has 0 saturated heterocycles. The van der Waals surface area contributed by atoms with E-state index in [2.05, 4.69) is 5.32 Å². The number of nitrogens with one attached hydrogen (secondary N) is 1. The van der Waals surface area contributed by atoms with Gasteiger partial charge in [0.15, 0.2) is 6.61 Å². The minimum atomic E-state index is -0.865. The number of halogens is 1. The van der Waals surface area contributed by atoms with Crippen molar-refractivity contribution in [1.29, 1.82) is 0 Å². The molecule has 26 heavy (non-hydrogen) atoms. The second-order valence-electron chi connectivity index (χ2n) is 5.91. The Morgan fingerprint density at radius 2 is 1.69 bits per heavy atom. The Morgan fingerprint density at radius 1 is 1.00 bits per heavy atom. The number of carbonyl (C=O) groups is 2. The van der Waals surface area contributed by atoms with Crippen LogP contribution in [-0.2, 0) is 9.53 Å². The molecule has 0 heterocycles. The molecule has 3 aromatic carbocycles. The Hall–Kier alpha value is -3.21. The quantitative estimate of drug-likeness (QED) is 0.707. The summed E-state index contributed by atoms with van der Waals surface area (Å²) < 4.78 is 18.4. The molecular weight excluding hydrogens is 333 g/mol. The summed E-state index contributed by atoms with van der Waals surface area (Å²) in [6.45, 7) is 1.39. The molecule has 0 bridgehead atoms. The van der Waals surface area contributed by atoms with Crippen LogP contribution >= 0.6 is 0 Å². The molecule has 0 spiro atoms. The van der Waals surface area contributed by atoms with Gasteiger partial charge in [0.1, 0.15) is 5.82 Å². The average Bonchev–Trinajstić information content (AvgIpc) is 2.66. The number of fused-ring (bicyclic) bond motifs is 1. The standard InChI is InChI=1S/C21H18FNO3/c1-14(16-11-6-8-15-7-2-3-9-17(15)16)23-20(24)13-26-21(25)18-10-4-5-12-19(18)22/h2-12,14H,13H2,1H3,(H,23,24)/t14-/m1/s1. The zero-order valence-corrected chi connectivity index (χ0v) is 14.2. The summed E-state index contributed by atoms with van der Waals surface area (Å²) >= 11 is 0. The SMILES string of the molecule is C[C@@H](NC(=O)COC(=O)c1ccccc1F)c1cccc2ccccc12. The average molecular weight is 351 g/mol. The highest BCUT2D eigenvalue weighted by molar-refractivity contribution is 5.92. The largest absolute Gasteiger partial charge is 0.452 e. The van der Waals surface area contributed by atoms with Crippen LogP contribution in [-0.4, -0.2) is 18.5 Å². The fraction of sp³-hybridized carbons (Fsp3) is 0.143. The van der Waals surface area contributed by atoms with Crippen LogP contribution in [0.25, 0.3) is 10.8 Å². The van der Waals surface area contributed by atoms with Crippen molar-refractivity contribution in [1.82, 2.24) is 5.32 Å². The lowest BCUT2D eigenvalue weighted by atomic mass is 10.00. The van der Waals surface area contributed by atoms with Crippen molar-refractivity contribution in [3.8, 4) is 0 Å². The van der Waals surface area contributed by atoms with Gasteiger partial charge in [-0.3, -0.25) is 4.79 Å². The summed E-state index contributed by atoms with van der Waals surface area (Å²) in [4.78, 5) is 24.0. The van der Waals surface area contributed by atoms with Crippen LogP contribution in [0, 0.1) is 5.82 Å². The Balaban J connectivity index is 1.63. The molecule has 0 aliphatic rings. The van der Waals surface area contributed by atoms with E-state index in [4.69, 9.17) is 4.74 Å². The number of hydrogen-bond donors (Lipinski definition) is 1. The van der Waals surface area contributed by atoms with Gasteiger partial charge in [0.2, 0.25) is 0 Å². The van der Waals surface area contributed by atoms with Gasteiger partial charge in [-0.1, -0.05) is 54.6 Å². The second-order valence-corrected chi connectivity index (χ2v) is 5.91. The van der Waals surface area contributed by atoms with E-state index in [-0.39, 0.29) is 11.6 Å². The summed E-state index contributed by atoms with van der Waals surface area (Å²) in [6, 6.07) is 19.0. The first-order chi connectivity index (χ1) is 12.6. The summed E-state index contributed by atoms with van der Waals surface area (Å²) in [5.41, 5.74) is 0.777. The molecule has 0 aliphatic heterocycles. The van der Waals surface area contributed by atoms with Crippen LogP contribution in [0.4, 0.5) is 4.39 Å². The second kappa shape index (κ2) is 7.78. The van der Waals surface area contributed by atoms with Crippen LogP contribution in [0.2, 0.25) is 0 Å². The molecule has 5 heteroatoms. The first-order valence-electron chi connectivity index (χ1n) is 8.25. The summed E-state index contributed by atoms with van der Waals surface area (Å²) in [6.07, 6.45) is 0. The van der Waals surface area contributed by atoms with Crippen LogP contribution < -0.4 is 5.32 Å². The van der Waals surface area contributed by atoms with E-state index in [1.807, 2.05) is 49.4 Å². The van der Waals surface area contributed by atoms with Gasteiger partial charge in [-0.05, 0) is 35.4 Å². The van der Waals surface area contributed by atoms with Crippen LogP contribution in [0.5, 0.6) is 0 Å². The summed E-state index contributed by atoms with van der Waals surface area (Å²) in [5.74, 6) is -1.99. The predicted molar refractivity (Wildman–Crippen MR) is 97.2 cm³/mol. The minimum absolute atomic E-state index is 0.192. The van der Waals surface area contributed by atoms with Gasteiger partial charge in [-0.15, -0.1) is 0 Å². The number of ether oxygens (including phenoxy) is 1. The maximum Gasteiger partial charge on any atom is 0.341 e. The Bertz CT molecular complexity index is 949. The molecule has 4 nitrogen and oxygen atoms in total. The first kappa shape index (κ1) is 17.6. The van der Waals surface area contributed by atoms with Crippen molar-refractivity contribution in [2.75, 3.05) is 6.61 Å². The summed E-state index contributed by atoms with van der Waals surface area (Å²) in [7, 11) is 0. The van der Waals surface area contributed by atoms with E-state index in [9.17, 15) is 14.0 Å². The predicted octanol–water partition coefficient (Wildman–Crippen LogP) is 4.01. The molecule has 0 unspecified atom stereocenters. The highest BCUT2D eigenvalue weighted by Gasteiger charge is 2.16. The van der Waals surface area contributed by atoms with Gasteiger partial charge >= 0.3 is 5.97 Å². The van der Waals surface area contributed by atoms with E-state index in [1.165, 1.54) is 24.3 Å². The molecule has 3 rings (SSSR count). The van der Waals surface area contributed by atoms with Crippen molar-refractivity contribution in [2.24, 2.45) is 0 Å². The van der Waals surface area contributed by atoms with Gasteiger partial charge in [0, 0.05) is 0 Å². The van der Waals surface area contributed by atoms with E-state index in [0.717, 1.165) is 16.3 Å². The lowest BCUT2D eigenvalue weighted by Gasteiger charge is -2.16. The minimum Gasteiger partial charge on any atom is -0.452 e. The van der Waals surface area contributed by atoms with Crippen LogP contribution in [0.1, 0.15) is 28.9 Å². The number of carbonyl (C=O) groups excluding carboxylic acids is 2. The molecule has 0 fully saturated rings. The molecule has 132 valence electrons. The van der Waals surface area contributed by atoms with Crippen molar-refractivity contribution < 1.29 is 18.7 Å². The fourth-order valence-electron chi connectivity index (χ4n) is 2.82. The molecule has 0 aromatic heterocycles. The fourth-order valence-corrected chi connectivity index (χ4v) is 2.82. The molecule has 0 saturated carbocycles. The van der Waals surface area contributed by atoms with E-state index in [1.54, 1.807) is 0 Å². The Kier molecular flexibility index (Phi) is 5.27. The molecule has 0 aliphatic carbocycles. The lowest BCUT2D eigenvalue weighted by Crippen LogP contribution is -2.31. The monoisotopic (exact) mass is 351 g/mol. The molecule has 1 amide bonds. The van der Waals surface area contributed by atoms with E-state index in [0.29, 0.717) is 0 Å². The first-order valence-corrected chi connectivity index (χ1v) is 8.25. The third-order valence-electron chi connectivity index (χ3n) is 4.10. The molecule has 0 radical (unpaired) electrons. The zero-order chi connectivity index (χ0) is 18.5. The highest BCUT2D eigenvalue weighted by atomic mass is 19.1. The number of benzene rings is 3.